The minimum Gasteiger partial charge on any atom is -0.490 e. The molecule has 0 radical (unpaired) electrons. The number of nitrogens with one attached hydrogen (secondary N) is 1. The largest absolute Gasteiger partial charge is 0.490 e. The van der Waals surface area contributed by atoms with E-state index in [2.05, 4.69) is 5.32 Å². The van der Waals surface area contributed by atoms with E-state index in [4.69, 9.17) is 27.9 Å². The fourth-order valence-corrected chi connectivity index (χ4v) is 4.34. The molecule has 36 heavy (non-hydrogen) atoms. The van der Waals surface area contributed by atoms with Gasteiger partial charge in [0.25, 0.3) is 11.8 Å². The number of hydrogen-bond acceptors (Lipinski definition) is 4. The highest BCUT2D eigenvalue weighted by Gasteiger charge is 2.37. The van der Waals surface area contributed by atoms with E-state index in [0.717, 1.165) is 15.8 Å². The Kier molecular flexibility index (Phi) is 6.50. The second kappa shape index (κ2) is 9.89. The predicted octanol–water partition coefficient (Wildman–Crippen LogP) is 5.69. The number of urea groups is 1. The molecule has 1 aliphatic heterocycles. The lowest BCUT2D eigenvalue weighted by molar-refractivity contribution is -0.122. The summed E-state index contributed by atoms with van der Waals surface area (Å²) in [6.07, 6.45) is 3.35. The van der Waals surface area contributed by atoms with Gasteiger partial charge in [-0.15, -0.1) is 0 Å². The van der Waals surface area contributed by atoms with Gasteiger partial charge in [0.1, 0.15) is 17.9 Å². The molecule has 0 aliphatic carbocycles. The number of nitrogens with zero attached hydrogens (tertiary/aromatic N) is 2. The summed E-state index contributed by atoms with van der Waals surface area (Å²) in [7, 11) is 0. The summed E-state index contributed by atoms with van der Waals surface area (Å²) in [4.78, 5) is 39.3. The van der Waals surface area contributed by atoms with Crippen LogP contribution >= 0.6 is 23.2 Å². The van der Waals surface area contributed by atoms with E-state index < -0.39 is 17.8 Å². The topological polar surface area (TPSA) is 80.6 Å². The Morgan fingerprint density at radius 1 is 0.889 bits per heavy atom. The van der Waals surface area contributed by atoms with Gasteiger partial charge in [0.15, 0.2) is 0 Å². The van der Waals surface area contributed by atoms with E-state index >= 15 is 0 Å². The molecule has 3 aromatic carbocycles. The normalized spacial score (nSPS) is 15.0. The van der Waals surface area contributed by atoms with Crippen molar-refractivity contribution in [2.45, 2.75) is 6.54 Å². The average Bonchev–Trinajstić information content (AvgIpc) is 3.21. The zero-order chi connectivity index (χ0) is 25.2. The number of ether oxygens (including phenoxy) is 1. The summed E-state index contributed by atoms with van der Waals surface area (Å²) in [5, 5.41) is 4.08. The van der Waals surface area contributed by atoms with Gasteiger partial charge in [-0.25, -0.2) is 9.69 Å². The number of aromatic nitrogens is 1. The summed E-state index contributed by atoms with van der Waals surface area (Å²) >= 11 is 12.1. The Labute approximate surface area is 216 Å². The molecule has 4 amide bonds. The number of rotatable bonds is 6. The fourth-order valence-electron chi connectivity index (χ4n) is 4.03. The number of amides is 4. The number of imide groups is 2. The molecule has 4 aromatic rings. The quantitative estimate of drug-likeness (QED) is 0.262. The molecule has 1 aliphatic rings. The molecule has 1 fully saturated rings. The first kappa shape index (κ1) is 23.7. The van der Waals surface area contributed by atoms with Crippen LogP contribution in [0.3, 0.4) is 0 Å². The van der Waals surface area contributed by atoms with E-state index in [1.807, 2.05) is 47.2 Å². The zero-order valence-electron chi connectivity index (χ0n) is 18.8. The van der Waals surface area contributed by atoms with Crippen LogP contribution in [0.5, 0.6) is 5.75 Å². The zero-order valence-corrected chi connectivity index (χ0v) is 20.3. The van der Waals surface area contributed by atoms with E-state index in [-0.39, 0.29) is 5.57 Å². The maximum absolute atomic E-state index is 13.2. The van der Waals surface area contributed by atoms with Crippen LogP contribution in [0, 0.1) is 0 Å². The van der Waals surface area contributed by atoms with E-state index in [1.54, 1.807) is 24.3 Å². The van der Waals surface area contributed by atoms with Crippen LogP contribution in [0.1, 0.15) is 5.56 Å². The van der Waals surface area contributed by atoms with Crippen molar-refractivity contribution < 1.29 is 19.1 Å². The summed E-state index contributed by atoms with van der Waals surface area (Å²) in [5.41, 5.74) is 1.72. The minimum absolute atomic E-state index is 0.153. The first-order valence-corrected chi connectivity index (χ1v) is 11.8. The highest BCUT2D eigenvalue weighted by Crippen LogP contribution is 2.28. The second-order valence-electron chi connectivity index (χ2n) is 8.01. The van der Waals surface area contributed by atoms with Crippen molar-refractivity contribution in [1.29, 1.82) is 0 Å². The van der Waals surface area contributed by atoms with Gasteiger partial charge in [-0.2, -0.15) is 0 Å². The van der Waals surface area contributed by atoms with Crippen molar-refractivity contribution in [3.8, 4) is 5.75 Å². The van der Waals surface area contributed by atoms with Crippen molar-refractivity contribution in [2.75, 3.05) is 11.5 Å². The van der Waals surface area contributed by atoms with Gasteiger partial charge in [0.2, 0.25) is 0 Å². The summed E-state index contributed by atoms with van der Waals surface area (Å²) in [6, 6.07) is 20.3. The second-order valence-corrected chi connectivity index (χ2v) is 8.85. The van der Waals surface area contributed by atoms with Crippen molar-refractivity contribution in [1.82, 2.24) is 9.88 Å². The van der Waals surface area contributed by atoms with Crippen molar-refractivity contribution in [3.63, 3.8) is 0 Å². The number of barbiturate groups is 1. The van der Waals surface area contributed by atoms with Crippen LogP contribution < -0.4 is 15.0 Å². The number of benzene rings is 3. The van der Waals surface area contributed by atoms with Crippen LogP contribution in [0.2, 0.25) is 10.0 Å². The molecule has 0 saturated carbocycles. The third-order valence-corrected chi connectivity index (χ3v) is 6.30. The molecule has 7 nitrogen and oxygen atoms in total. The smallest absolute Gasteiger partial charge is 0.335 e. The van der Waals surface area contributed by atoms with Crippen molar-refractivity contribution in [2.24, 2.45) is 0 Å². The van der Waals surface area contributed by atoms with Crippen LogP contribution in [-0.4, -0.2) is 29.0 Å². The number of para-hydroxylation sites is 2. The fraction of sp³-hybridized carbons (Fsp3) is 0.0741. The van der Waals surface area contributed by atoms with Gasteiger partial charge in [-0.3, -0.25) is 14.9 Å². The van der Waals surface area contributed by atoms with Crippen LogP contribution in [-0.2, 0) is 16.1 Å². The SMILES string of the molecule is O=C1NC(=O)N(c2ccc(Cl)cc2)C(=O)C1=Cc1cn(CCOc2ccccc2Cl)c2ccccc12. The molecule has 1 aromatic heterocycles. The number of halogens is 2. The average molecular weight is 520 g/mol. The molecule has 5 rings (SSSR count). The van der Waals surface area contributed by atoms with Crippen molar-refractivity contribution >= 4 is 63.7 Å². The maximum atomic E-state index is 13.2. The summed E-state index contributed by atoms with van der Waals surface area (Å²) in [5.74, 6) is -0.881. The number of hydrogen-bond donors (Lipinski definition) is 1. The monoisotopic (exact) mass is 519 g/mol. The molecule has 9 heteroatoms. The third-order valence-electron chi connectivity index (χ3n) is 5.73. The van der Waals surface area contributed by atoms with Crippen molar-refractivity contribution in [3.05, 3.63) is 100 Å². The van der Waals surface area contributed by atoms with E-state index in [1.165, 1.54) is 18.2 Å². The van der Waals surface area contributed by atoms with Gasteiger partial charge in [0, 0.05) is 27.7 Å². The first-order valence-electron chi connectivity index (χ1n) is 11.0. The molecule has 0 unspecified atom stereocenters. The maximum Gasteiger partial charge on any atom is 0.335 e. The Balaban J connectivity index is 1.45. The molecule has 0 bridgehead atoms. The van der Waals surface area contributed by atoms with Crippen LogP contribution in [0.25, 0.3) is 17.0 Å². The molecule has 2 heterocycles. The number of fused-ring (bicyclic) bond motifs is 1. The Hall–Kier alpha value is -4.07. The van der Waals surface area contributed by atoms with Gasteiger partial charge in [-0.1, -0.05) is 53.5 Å². The van der Waals surface area contributed by atoms with Crippen LogP contribution in [0.4, 0.5) is 10.5 Å². The minimum atomic E-state index is -0.816. The molecule has 1 N–H and O–H groups in total. The summed E-state index contributed by atoms with van der Waals surface area (Å²) < 4.78 is 7.80. The van der Waals surface area contributed by atoms with Gasteiger partial charge in [0.05, 0.1) is 17.3 Å². The number of carbonyl (C=O) groups is 3. The Bertz CT molecular complexity index is 1530. The van der Waals surface area contributed by atoms with Gasteiger partial charge >= 0.3 is 6.03 Å². The third kappa shape index (κ3) is 4.58. The Morgan fingerprint density at radius 3 is 2.39 bits per heavy atom. The highest BCUT2D eigenvalue weighted by molar-refractivity contribution is 6.39. The molecule has 0 spiro atoms. The number of carbonyl (C=O) groups excluding carboxylic acids is 3. The molecule has 180 valence electrons. The highest BCUT2D eigenvalue weighted by atomic mass is 35.5. The summed E-state index contributed by atoms with van der Waals surface area (Å²) in [6.45, 7) is 0.862. The molecule has 0 atom stereocenters. The van der Waals surface area contributed by atoms with Crippen LogP contribution in [0.15, 0.2) is 84.6 Å². The standard InChI is InChI=1S/C27H19Cl2N3O4/c28-18-9-11-19(12-10-18)32-26(34)21(25(33)30-27(32)35)15-17-16-31(23-7-3-1-5-20(17)23)13-14-36-24-8-4-2-6-22(24)29/h1-12,15-16H,13-14H2,(H,30,33,35). The lowest BCUT2D eigenvalue weighted by Crippen LogP contribution is -2.54. The molecule has 1 saturated heterocycles. The lowest BCUT2D eigenvalue weighted by atomic mass is 10.1. The van der Waals surface area contributed by atoms with E-state index in [9.17, 15) is 14.4 Å². The predicted molar refractivity (Wildman–Crippen MR) is 139 cm³/mol. The molecular weight excluding hydrogens is 501 g/mol. The van der Waals surface area contributed by atoms with E-state index in [0.29, 0.717) is 40.2 Å². The molecular formula is C27H19Cl2N3O4. The van der Waals surface area contributed by atoms with Gasteiger partial charge < -0.3 is 9.30 Å². The van der Waals surface area contributed by atoms with Gasteiger partial charge in [-0.05, 0) is 48.5 Å². The number of anilines is 1. The first-order chi connectivity index (χ1) is 17.4. The lowest BCUT2D eigenvalue weighted by Gasteiger charge is -2.26. The Morgan fingerprint density at radius 2 is 1.61 bits per heavy atom.